The molecule has 2 N–H and O–H groups in total. The highest BCUT2D eigenvalue weighted by molar-refractivity contribution is 9.10. The third-order valence-electron chi connectivity index (χ3n) is 2.76. The molecule has 0 saturated carbocycles. The lowest BCUT2D eigenvalue weighted by Gasteiger charge is -2.15. The lowest BCUT2D eigenvalue weighted by Crippen LogP contribution is -2.13. The predicted octanol–water partition coefficient (Wildman–Crippen LogP) is 3.41. The minimum atomic E-state index is -0.249. The average molecular weight is 296 g/mol. The summed E-state index contributed by atoms with van der Waals surface area (Å²) in [5, 5.41) is 0. The van der Waals surface area contributed by atoms with Gasteiger partial charge < -0.3 is 14.9 Å². The van der Waals surface area contributed by atoms with Crippen molar-refractivity contribution in [3.63, 3.8) is 0 Å². The lowest BCUT2D eigenvalue weighted by molar-refractivity contribution is 0.407. The van der Waals surface area contributed by atoms with Gasteiger partial charge in [0.05, 0.1) is 19.4 Å². The second-order valence-corrected chi connectivity index (χ2v) is 4.71. The summed E-state index contributed by atoms with van der Waals surface area (Å²) in [5.41, 5.74) is 8.16. The first-order valence-electron chi connectivity index (χ1n) is 5.26. The summed E-state index contributed by atoms with van der Waals surface area (Å²) in [5.74, 6) is 1.61. The Kier molecular flexibility index (Phi) is 3.54. The first-order valence-corrected chi connectivity index (χ1v) is 6.05. The summed E-state index contributed by atoms with van der Waals surface area (Å²) < 4.78 is 11.6. The van der Waals surface area contributed by atoms with E-state index in [1.165, 1.54) is 0 Å². The Bertz CT molecular complexity index is 522. The highest BCUT2D eigenvalue weighted by atomic mass is 79.9. The van der Waals surface area contributed by atoms with Crippen molar-refractivity contribution in [2.24, 2.45) is 5.73 Å². The van der Waals surface area contributed by atoms with Crippen molar-refractivity contribution in [3.8, 4) is 5.75 Å². The molecule has 0 bridgehead atoms. The number of ether oxygens (including phenoxy) is 1. The molecule has 1 aromatic heterocycles. The van der Waals surface area contributed by atoms with Gasteiger partial charge in [0.15, 0.2) is 0 Å². The molecule has 0 aliphatic carbocycles. The molecule has 0 saturated heterocycles. The number of aryl methyl sites for hydroxylation is 1. The van der Waals surface area contributed by atoms with Crippen LogP contribution in [0.4, 0.5) is 0 Å². The Hall–Kier alpha value is -1.26. The minimum absolute atomic E-state index is 0.249. The molecule has 3 nitrogen and oxygen atoms in total. The van der Waals surface area contributed by atoms with Gasteiger partial charge in [-0.1, -0.05) is 15.9 Å². The Morgan fingerprint density at radius 1 is 1.29 bits per heavy atom. The van der Waals surface area contributed by atoms with Crippen molar-refractivity contribution in [1.29, 1.82) is 0 Å². The molecule has 4 heteroatoms. The summed E-state index contributed by atoms with van der Waals surface area (Å²) in [4.78, 5) is 0. The van der Waals surface area contributed by atoms with Crippen LogP contribution in [0.2, 0.25) is 0 Å². The van der Waals surface area contributed by atoms with Gasteiger partial charge in [-0.25, -0.2) is 0 Å². The van der Waals surface area contributed by atoms with Crippen LogP contribution in [0.1, 0.15) is 22.9 Å². The van der Waals surface area contributed by atoms with Crippen LogP contribution in [0.3, 0.4) is 0 Å². The number of rotatable bonds is 3. The summed E-state index contributed by atoms with van der Waals surface area (Å²) in [6.45, 7) is 1.90. The second kappa shape index (κ2) is 4.94. The molecule has 2 rings (SSSR count). The summed E-state index contributed by atoms with van der Waals surface area (Å²) in [6, 6.07) is 7.43. The second-order valence-electron chi connectivity index (χ2n) is 3.80. The number of nitrogens with two attached hydrogens (primary N) is 1. The van der Waals surface area contributed by atoms with E-state index in [-0.39, 0.29) is 6.04 Å². The third-order valence-corrected chi connectivity index (χ3v) is 3.25. The van der Waals surface area contributed by atoms with Gasteiger partial charge in [0, 0.05) is 15.6 Å². The quantitative estimate of drug-likeness (QED) is 0.944. The van der Waals surface area contributed by atoms with Gasteiger partial charge >= 0.3 is 0 Å². The van der Waals surface area contributed by atoms with E-state index < -0.39 is 0 Å². The largest absolute Gasteiger partial charge is 0.496 e. The SMILES string of the molecule is COc1ccc(Br)cc1C(N)c1ccoc1C. The molecule has 0 aliphatic heterocycles. The first-order chi connectivity index (χ1) is 8.13. The molecule has 0 amide bonds. The molecule has 0 aliphatic rings. The molecular weight excluding hydrogens is 282 g/mol. The van der Waals surface area contributed by atoms with E-state index >= 15 is 0 Å². The molecule has 1 atom stereocenters. The molecule has 2 aromatic rings. The molecule has 0 spiro atoms. The van der Waals surface area contributed by atoms with Crippen LogP contribution < -0.4 is 10.5 Å². The lowest BCUT2D eigenvalue weighted by atomic mass is 9.99. The molecule has 1 unspecified atom stereocenters. The fourth-order valence-corrected chi connectivity index (χ4v) is 2.21. The zero-order chi connectivity index (χ0) is 12.4. The molecule has 90 valence electrons. The van der Waals surface area contributed by atoms with E-state index in [9.17, 15) is 0 Å². The van der Waals surface area contributed by atoms with Gasteiger partial charge in [-0.15, -0.1) is 0 Å². The number of hydrogen-bond donors (Lipinski definition) is 1. The van der Waals surface area contributed by atoms with E-state index in [0.717, 1.165) is 27.1 Å². The van der Waals surface area contributed by atoms with Gasteiger partial charge in [-0.05, 0) is 31.2 Å². The zero-order valence-corrected chi connectivity index (χ0v) is 11.3. The molecule has 0 fully saturated rings. The van der Waals surface area contributed by atoms with E-state index in [0.29, 0.717) is 0 Å². The number of benzene rings is 1. The maximum atomic E-state index is 6.25. The third kappa shape index (κ3) is 2.37. The molecular formula is C13H14BrNO2. The Morgan fingerprint density at radius 3 is 2.65 bits per heavy atom. The summed E-state index contributed by atoms with van der Waals surface area (Å²) in [7, 11) is 1.64. The van der Waals surface area contributed by atoms with Crippen molar-refractivity contribution < 1.29 is 9.15 Å². The van der Waals surface area contributed by atoms with Gasteiger partial charge in [-0.3, -0.25) is 0 Å². The van der Waals surface area contributed by atoms with E-state index in [2.05, 4.69) is 15.9 Å². The Morgan fingerprint density at radius 2 is 2.06 bits per heavy atom. The summed E-state index contributed by atoms with van der Waals surface area (Å²) in [6.07, 6.45) is 1.65. The maximum Gasteiger partial charge on any atom is 0.124 e. The molecule has 0 radical (unpaired) electrons. The van der Waals surface area contributed by atoms with E-state index in [1.54, 1.807) is 13.4 Å². The van der Waals surface area contributed by atoms with Gasteiger partial charge in [-0.2, -0.15) is 0 Å². The number of furan rings is 1. The highest BCUT2D eigenvalue weighted by Crippen LogP contribution is 2.32. The molecule has 1 aromatic carbocycles. The van der Waals surface area contributed by atoms with Crippen LogP contribution >= 0.6 is 15.9 Å². The smallest absolute Gasteiger partial charge is 0.124 e. The van der Waals surface area contributed by atoms with Crippen LogP contribution in [-0.4, -0.2) is 7.11 Å². The van der Waals surface area contributed by atoms with Gasteiger partial charge in [0.2, 0.25) is 0 Å². The van der Waals surface area contributed by atoms with Crippen LogP contribution in [0.25, 0.3) is 0 Å². The maximum absolute atomic E-state index is 6.25. The van der Waals surface area contributed by atoms with Crippen molar-refractivity contribution in [2.45, 2.75) is 13.0 Å². The van der Waals surface area contributed by atoms with Gasteiger partial charge in [0.25, 0.3) is 0 Å². The molecule has 17 heavy (non-hydrogen) atoms. The number of halogens is 1. The predicted molar refractivity (Wildman–Crippen MR) is 70.2 cm³/mol. The highest BCUT2D eigenvalue weighted by Gasteiger charge is 2.17. The Balaban J connectivity index is 2.46. The van der Waals surface area contributed by atoms with Crippen LogP contribution in [0, 0.1) is 6.92 Å². The topological polar surface area (TPSA) is 48.4 Å². The Labute approximate surface area is 109 Å². The number of methoxy groups -OCH3 is 1. The zero-order valence-electron chi connectivity index (χ0n) is 9.74. The van der Waals surface area contributed by atoms with Crippen molar-refractivity contribution >= 4 is 15.9 Å². The molecule has 1 heterocycles. The van der Waals surface area contributed by atoms with Crippen LogP contribution in [-0.2, 0) is 0 Å². The minimum Gasteiger partial charge on any atom is -0.496 e. The first kappa shape index (κ1) is 12.2. The van der Waals surface area contributed by atoms with Crippen molar-refractivity contribution in [3.05, 3.63) is 51.9 Å². The summed E-state index contributed by atoms with van der Waals surface area (Å²) >= 11 is 3.44. The average Bonchev–Trinajstić information content (AvgIpc) is 2.74. The monoisotopic (exact) mass is 295 g/mol. The van der Waals surface area contributed by atoms with Crippen LogP contribution in [0.5, 0.6) is 5.75 Å². The van der Waals surface area contributed by atoms with Crippen molar-refractivity contribution in [2.75, 3.05) is 7.11 Å². The normalized spacial score (nSPS) is 12.5. The fourth-order valence-electron chi connectivity index (χ4n) is 1.83. The van der Waals surface area contributed by atoms with E-state index in [1.807, 2.05) is 31.2 Å². The van der Waals surface area contributed by atoms with Crippen molar-refractivity contribution in [1.82, 2.24) is 0 Å². The van der Waals surface area contributed by atoms with Crippen LogP contribution in [0.15, 0.2) is 39.4 Å². The van der Waals surface area contributed by atoms with E-state index in [4.69, 9.17) is 14.9 Å². The number of hydrogen-bond acceptors (Lipinski definition) is 3. The fraction of sp³-hybridized carbons (Fsp3) is 0.231. The standard InChI is InChI=1S/C13H14BrNO2/c1-8-10(5-6-17-8)13(15)11-7-9(14)3-4-12(11)16-2/h3-7,13H,15H2,1-2H3. The van der Waals surface area contributed by atoms with Gasteiger partial charge in [0.1, 0.15) is 11.5 Å².